The molecule has 0 unspecified atom stereocenters. The maximum absolute atomic E-state index is 13.0. The highest BCUT2D eigenvalue weighted by atomic mass is 32.2. The van der Waals surface area contributed by atoms with Crippen LogP contribution >= 0.6 is 0 Å². The molecule has 0 radical (unpaired) electrons. The Morgan fingerprint density at radius 3 is 2.47 bits per heavy atom. The van der Waals surface area contributed by atoms with E-state index in [-0.39, 0.29) is 10.8 Å². The number of nitrogens with zero attached hydrogens (tertiary/aromatic N) is 1. The molecule has 32 heavy (non-hydrogen) atoms. The van der Waals surface area contributed by atoms with Crippen LogP contribution in [0, 0.1) is 6.92 Å². The Morgan fingerprint density at radius 2 is 1.66 bits per heavy atom. The molecule has 1 saturated heterocycles. The van der Waals surface area contributed by atoms with Crippen molar-refractivity contribution in [1.82, 2.24) is 4.31 Å². The van der Waals surface area contributed by atoms with Gasteiger partial charge in [0.15, 0.2) is 0 Å². The molecule has 1 fully saturated rings. The van der Waals surface area contributed by atoms with Crippen molar-refractivity contribution < 1.29 is 17.6 Å². The van der Waals surface area contributed by atoms with E-state index in [1.54, 1.807) is 25.1 Å². The summed E-state index contributed by atoms with van der Waals surface area (Å²) in [6, 6.07) is 18.1. The van der Waals surface area contributed by atoms with E-state index < -0.39 is 10.0 Å². The lowest BCUT2D eigenvalue weighted by Gasteiger charge is -2.26. The van der Waals surface area contributed by atoms with E-state index in [1.807, 2.05) is 36.4 Å². The lowest BCUT2D eigenvalue weighted by atomic mass is 10.1. The number of sulfonamides is 1. The highest BCUT2D eigenvalue weighted by molar-refractivity contribution is 7.89. The van der Waals surface area contributed by atoms with E-state index in [0.717, 1.165) is 35.6 Å². The van der Waals surface area contributed by atoms with E-state index in [9.17, 15) is 13.2 Å². The summed E-state index contributed by atoms with van der Waals surface area (Å²) in [7, 11) is -3.61. The number of benzene rings is 3. The van der Waals surface area contributed by atoms with Crippen LogP contribution in [0.3, 0.4) is 0 Å². The number of nitrogens with one attached hydrogen (secondary N) is 1. The lowest BCUT2D eigenvalue weighted by molar-refractivity contribution is 0.102. The Kier molecular flexibility index (Phi) is 5.23. The number of hydrogen-bond donors (Lipinski definition) is 1. The third kappa shape index (κ3) is 3.67. The van der Waals surface area contributed by atoms with Gasteiger partial charge in [0, 0.05) is 41.2 Å². The molecule has 0 saturated carbocycles. The number of carbonyl (C=O) groups excluding carboxylic acids is 1. The second kappa shape index (κ2) is 8.07. The van der Waals surface area contributed by atoms with Gasteiger partial charge < -0.3 is 9.73 Å². The smallest absolute Gasteiger partial charge is 0.255 e. The van der Waals surface area contributed by atoms with Crippen molar-refractivity contribution in [2.75, 3.05) is 18.4 Å². The predicted molar refractivity (Wildman–Crippen MR) is 125 cm³/mol. The summed E-state index contributed by atoms with van der Waals surface area (Å²) in [4.78, 5) is 13.2. The summed E-state index contributed by atoms with van der Waals surface area (Å²) in [5, 5.41) is 4.88. The number of fused-ring (bicyclic) bond motifs is 3. The minimum Gasteiger partial charge on any atom is -0.456 e. The van der Waals surface area contributed by atoms with Gasteiger partial charge in [0.1, 0.15) is 11.2 Å². The first kappa shape index (κ1) is 20.7. The molecule has 3 aromatic carbocycles. The molecule has 164 valence electrons. The van der Waals surface area contributed by atoms with Crippen molar-refractivity contribution in [3.63, 3.8) is 0 Å². The molecule has 7 heteroatoms. The average Bonchev–Trinajstić information content (AvgIpc) is 3.17. The Bertz CT molecular complexity index is 1430. The fourth-order valence-corrected chi connectivity index (χ4v) is 5.81. The molecule has 1 aliphatic heterocycles. The summed E-state index contributed by atoms with van der Waals surface area (Å²) in [5.74, 6) is -0.353. The molecule has 5 rings (SSSR count). The molecule has 4 aromatic rings. The van der Waals surface area contributed by atoms with Crippen LogP contribution in [0.2, 0.25) is 0 Å². The van der Waals surface area contributed by atoms with Crippen molar-refractivity contribution in [3.05, 3.63) is 71.8 Å². The van der Waals surface area contributed by atoms with Gasteiger partial charge in [-0.05, 0) is 55.7 Å². The highest BCUT2D eigenvalue weighted by Gasteiger charge is 2.27. The number of furan rings is 1. The first-order valence-corrected chi connectivity index (χ1v) is 12.2. The van der Waals surface area contributed by atoms with Crippen molar-refractivity contribution >= 4 is 43.6 Å². The van der Waals surface area contributed by atoms with Crippen LogP contribution in [-0.2, 0) is 10.0 Å². The van der Waals surface area contributed by atoms with E-state index in [2.05, 4.69) is 5.32 Å². The molecule has 1 aliphatic rings. The topological polar surface area (TPSA) is 79.6 Å². The predicted octanol–water partition coefficient (Wildman–Crippen LogP) is 5.32. The van der Waals surface area contributed by atoms with E-state index in [4.69, 9.17) is 4.42 Å². The van der Waals surface area contributed by atoms with Crippen molar-refractivity contribution in [2.24, 2.45) is 0 Å². The largest absolute Gasteiger partial charge is 0.456 e. The fraction of sp³-hybridized carbons (Fsp3) is 0.240. The zero-order valence-corrected chi connectivity index (χ0v) is 18.6. The quantitative estimate of drug-likeness (QED) is 0.458. The highest BCUT2D eigenvalue weighted by Crippen LogP contribution is 2.31. The van der Waals surface area contributed by atoms with Gasteiger partial charge in [-0.25, -0.2) is 8.42 Å². The average molecular weight is 449 g/mol. The van der Waals surface area contributed by atoms with E-state index in [1.165, 1.54) is 10.4 Å². The number of rotatable bonds is 4. The third-order valence-electron chi connectivity index (χ3n) is 6.04. The third-order valence-corrected chi connectivity index (χ3v) is 7.94. The van der Waals surface area contributed by atoms with E-state index in [0.29, 0.717) is 35.5 Å². The van der Waals surface area contributed by atoms with Gasteiger partial charge in [0.25, 0.3) is 5.91 Å². The first-order chi connectivity index (χ1) is 15.4. The molecule has 2 heterocycles. The zero-order valence-electron chi connectivity index (χ0n) is 17.8. The van der Waals surface area contributed by atoms with Gasteiger partial charge >= 0.3 is 0 Å². The molecular weight excluding hydrogens is 424 g/mol. The molecule has 1 N–H and O–H groups in total. The Hall–Kier alpha value is -3.16. The Morgan fingerprint density at radius 1 is 0.906 bits per heavy atom. The second-order valence-corrected chi connectivity index (χ2v) is 10.1. The molecule has 0 bridgehead atoms. The summed E-state index contributed by atoms with van der Waals surface area (Å²) in [5.41, 5.74) is 3.11. The second-order valence-electron chi connectivity index (χ2n) is 8.20. The van der Waals surface area contributed by atoms with Gasteiger partial charge in [-0.1, -0.05) is 30.7 Å². The fourth-order valence-electron chi connectivity index (χ4n) is 4.26. The zero-order chi connectivity index (χ0) is 22.3. The van der Waals surface area contributed by atoms with Crippen LogP contribution in [0.4, 0.5) is 5.69 Å². The maximum Gasteiger partial charge on any atom is 0.255 e. The molecule has 1 aromatic heterocycles. The molecule has 0 atom stereocenters. The monoisotopic (exact) mass is 448 g/mol. The minimum absolute atomic E-state index is 0.155. The molecule has 6 nitrogen and oxygen atoms in total. The first-order valence-electron chi connectivity index (χ1n) is 10.8. The van der Waals surface area contributed by atoms with Crippen LogP contribution in [-0.4, -0.2) is 31.7 Å². The van der Waals surface area contributed by atoms with Crippen LogP contribution in [0.15, 0.2) is 70.0 Å². The van der Waals surface area contributed by atoms with Gasteiger partial charge in [-0.2, -0.15) is 4.31 Å². The number of carbonyl (C=O) groups is 1. The number of hydrogen-bond acceptors (Lipinski definition) is 4. The maximum atomic E-state index is 13.0. The van der Waals surface area contributed by atoms with Crippen molar-refractivity contribution in [2.45, 2.75) is 31.1 Å². The van der Waals surface area contributed by atoms with Crippen LogP contribution in [0.25, 0.3) is 21.9 Å². The molecular formula is C25H24N2O4S. The molecule has 0 aliphatic carbocycles. The van der Waals surface area contributed by atoms with Crippen molar-refractivity contribution in [1.29, 1.82) is 0 Å². The van der Waals surface area contributed by atoms with Gasteiger partial charge in [-0.3, -0.25) is 4.79 Å². The van der Waals surface area contributed by atoms with Crippen molar-refractivity contribution in [3.8, 4) is 0 Å². The standard InChI is InChI=1S/C25H24N2O4S/c1-17-9-11-19(32(29,30)27-13-5-2-6-14-27)16-22(17)25(28)26-18-10-12-21-20-7-3-4-8-23(20)31-24(21)15-18/h3-4,7-12,15-16H,2,5-6,13-14H2,1H3,(H,26,28). The normalized spacial score (nSPS) is 15.3. The van der Waals surface area contributed by atoms with Gasteiger partial charge in [0.05, 0.1) is 4.90 Å². The summed E-state index contributed by atoms with van der Waals surface area (Å²) in [6.45, 7) is 2.85. The van der Waals surface area contributed by atoms with Crippen LogP contribution in [0.5, 0.6) is 0 Å². The molecule has 0 spiro atoms. The van der Waals surface area contributed by atoms with Gasteiger partial charge in [0.2, 0.25) is 10.0 Å². The number of aryl methyl sites for hydroxylation is 1. The summed E-state index contributed by atoms with van der Waals surface area (Å²) >= 11 is 0. The number of para-hydroxylation sites is 1. The summed E-state index contributed by atoms with van der Waals surface area (Å²) in [6.07, 6.45) is 2.77. The number of piperidine rings is 1. The molecule has 1 amide bonds. The lowest BCUT2D eigenvalue weighted by Crippen LogP contribution is -2.35. The Balaban J connectivity index is 1.44. The number of anilines is 1. The summed E-state index contributed by atoms with van der Waals surface area (Å²) < 4.78 is 33.5. The van der Waals surface area contributed by atoms with Crippen LogP contribution < -0.4 is 5.32 Å². The SMILES string of the molecule is Cc1ccc(S(=O)(=O)N2CCCCC2)cc1C(=O)Nc1ccc2c(c1)oc1ccccc12. The number of amides is 1. The van der Waals surface area contributed by atoms with E-state index >= 15 is 0 Å². The van der Waals surface area contributed by atoms with Gasteiger partial charge in [-0.15, -0.1) is 0 Å². The van der Waals surface area contributed by atoms with Crippen LogP contribution in [0.1, 0.15) is 35.2 Å². The Labute approximate surface area is 186 Å². The minimum atomic E-state index is -3.61.